The van der Waals surface area contributed by atoms with Gasteiger partial charge < -0.3 is 0 Å². The van der Waals surface area contributed by atoms with E-state index in [0.29, 0.717) is 5.25 Å². The van der Waals surface area contributed by atoms with Crippen LogP contribution in [0.3, 0.4) is 0 Å². The van der Waals surface area contributed by atoms with Crippen molar-refractivity contribution in [3.63, 3.8) is 0 Å². The molecule has 0 nitrogen and oxygen atoms in total. The number of rotatable bonds is 2. The number of benzene rings is 1. The molecule has 0 aliphatic carbocycles. The Kier molecular flexibility index (Phi) is 2.82. The van der Waals surface area contributed by atoms with Crippen molar-refractivity contribution < 1.29 is 0 Å². The van der Waals surface area contributed by atoms with Gasteiger partial charge in [-0.25, -0.2) is 0 Å². The zero-order valence-electron chi connectivity index (χ0n) is 6.08. The van der Waals surface area contributed by atoms with Gasteiger partial charge in [0.2, 0.25) is 0 Å². The van der Waals surface area contributed by atoms with Gasteiger partial charge in [0.15, 0.2) is 0 Å². The van der Waals surface area contributed by atoms with Crippen LogP contribution in [0.25, 0.3) is 0 Å². The van der Waals surface area contributed by atoms with E-state index in [-0.39, 0.29) is 0 Å². The van der Waals surface area contributed by atoms with Gasteiger partial charge in [0.25, 0.3) is 0 Å². The first-order chi connectivity index (χ1) is 4.84. The molecule has 0 aliphatic heterocycles. The third-order valence-electron chi connectivity index (χ3n) is 1.46. The number of hydrogen-bond acceptors (Lipinski definition) is 1. The molecule has 1 unspecified atom stereocenters. The zero-order valence-corrected chi connectivity index (χ0v) is 6.90. The minimum absolute atomic E-state index is 0.376. The van der Waals surface area contributed by atoms with Crippen molar-refractivity contribution in [2.24, 2.45) is 0 Å². The lowest BCUT2D eigenvalue weighted by molar-refractivity contribution is 1.23. The van der Waals surface area contributed by atoms with E-state index in [0.717, 1.165) is 0 Å². The smallest absolute Gasteiger partial charge is 0.0295 e. The second kappa shape index (κ2) is 3.67. The maximum atomic E-state index is 3.99. The fourth-order valence-corrected chi connectivity index (χ4v) is 1.23. The van der Waals surface area contributed by atoms with Gasteiger partial charge in [0.05, 0.1) is 0 Å². The van der Waals surface area contributed by atoms with Crippen molar-refractivity contribution in [3.8, 4) is 0 Å². The molecule has 0 saturated heterocycles. The molecule has 1 radical (unpaired) electrons. The quantitative estimate of drug-likeness (QED) is 0.626. The largest absolute Gasteiger partial charge is 0.157 e. The SMILES string of the molecule is [CH2]C(SC)c1ccccc1. The van der Waals surface area contributed by atoms with Crippen molar-refractivity contribution in [2.45, 2.75) is 5.25 Å². The minimum atomic E-state index is 0.376. The summed E-state index contributed by atoms with van der Waals surface area (Å²) in [5.41, 5.74) is 1.30. The summed E-state index contributed by atoms with van der Waals surface area (Å²) < 4.78 is 0. The second-order valence-corrected chi connectivity index (χ2v) is 3.18. The van der Waals surface area contributed by atoms with Gasteiger partial charge in [0.1, 0.15) is 0 Å². The van der Waals surface area contributed by atoms with Crippen molar-refractivity contribution in [3.05, 3.63) is 42.8 Å². The van der Waals surface area contributed by atoms with Crippen molar-refractivity contribution in [2.75, 3.05) is 6.26 Å². The Balaban J connectivity index is 2.75. The third kappa shape index (κ3) is 1.77. The van der Waals surface area contributed by atoms with E-state index in [2.05, 4.69) is 25.3 Å². The third-order valence-corrected chi connectivity index (χ3v) is 2.30. The Labute approximate surface area is 66.6 Å². The van der Waals surface area contributed by atoms with E-state index in [1.165, 1.54) is 5.56 Å². The highest BCUT2D eigenvalue weighted by Crippen LogP contribution is 2.23. The van der Waals surface area contributed by atoms with E-state index >= 15 is 0 Å². The summed E-state index contributed by atoms with van der Waals surface area (Å²) in [4.78, 5) is 0. The maximum absolute atomic E-state index is 3.99. The lowest BCUT2D eigenvalue weighted by atomic mass is 10.2. The summed E-state index contributed by atoms with van der Waals surface area (Å²) in [6.45, 7) is 3.99. The highest BCUT2D eigenvalue weighted by Gasteiger charge is 1.99. The molecule has 1 aromatic rings. The molecule has 0 amide bonds. The summed E-state index contributed by atoms with van der Waals surface area (Å²) in [7, 11) is 0. The van der Waals surface area contributed by atoms with Gasteiger partial charge >= 0.3 is 0 Å². The van der Waals surface area contributed by atoms with Crippen LogP contribution in [0.4, 0.5) is 0 Å². The van der Waals surface area contributed by atoms with Crippen LogP contribution in [0.1, 0.15) is 10.8 Å². The first-order valence-corrected chi connectivity index (χ1v) is 4.54. The monoisotopic (exact) mass is 151 g/mol. The standard InChI is InChI=1S/C9H11S/c1-8(10-2)9-6-4-3-5-7-9/h3-8H,1H2,2H3. The summed E-state index contributed by atoms with van der Waals surface area (Å²) in [5, 5.41) is 0.376. The average Bonchev–Trinajstić information content (AvgIpc) is 2.05. The second-order valence-electron chi connectivity index (χ2n) is 2.14. The van der Waals surface area contributed by atoms with Crippen LogP contribution in [0.15, 0.2) is 30.3 Å². The van der Waals surface area contributed by atoms with Gasteiger partial charge in [-0.05, 0) is 18.7 Å². The maximum Gasteiger partial charge on any atom is 0.0295 e. The first kappa shape index (κ1) is 7.67. The molecule has 1 heteroatoms. The Morgan fingerprint density at radius 3 is 2.40 bits per heavy atom. The molecule has 0 saturated carbocycles. The topological polar surface area (TPSA) is 0 Å². The van der Waals surface area contributed by atoms with Gasteiger partial charge in [-0.3, -0.25) is 0 Å². The molecule has 0 bridgehead atoms. The fraction of sp³-hybridized carbons (Fsp3) is 0.222. The van der Waals surface area contributed by atoms with E-state index in [1.807, 2.05) is 18.2 Å². The van der Waals surface area contributed by atoms with Crippen LogP contribution in [0.5, 0.6) is 0 Å². The van der Waals surface area contributed by atoms with Crippen molar-refractivity contribution in [1.29, 1.82) is 0 Å². The number of thioether (sulfide) groups is 1. The fourth-order valence-electron chi connectivity index (χ4n) is 0.804. The highest BCUT2D eigenvalue weighted by atomic mass is 32.2. The van der Waals surface area contributed by atoms with E-state index < -0.39 is 0 Å². The van der Waals surface area contributed by atoms with Crippen LogP contribution in [0, 0.1) is 6.92 Å². The summed E-state index contributed by atoms with van der Waals surface area (Å²) in [5.74, 6) is 0. The molecule has 10 heavy (non-hydrogen) atoms. The van der Waals surface area contributed by atoms with Gasteiger partial charge in [-0.2, -0.15) is 11.8 Å². The van der Waals surface area contributed by atoms with Crippen molar-refractivity contribution >= 4 is 11.8 Å². The summed E-state index contributed by atoms with van der Waals surface area (Å²) >= 11 is 1.77. The van der Waals surface area contributed by atoms with Gasteiger partial charge in [-0.15, -0.1) is 0 Å². The zero-order chi connectivity index (χ0) is 7.40. The molecule has 0 heterocycles. The Bertz CT molecular complexity index is 181. The van der Waals surface area contributed by atoms with Crippen molar-refractivity contribution in [1.82, 2.24) is 0 Å². The lowest BCUT2D eigenvalue weighted by Crippen LogP contribution is -1.84. The minimum Gasteiger partial charge on any atom is -0.157 e. The van der Waals surface area contributed by atoms with Gasteiger partial charge in [-0.1, -0.05) is 30.3 Å². The van der Waals surface area contributed by atoms with E-state index in [1.54, 1.807) is 11.8 Å². The predicted molar refractivity (Wildman–Crippen MR) is 48.1 cm³/mol. The molecule has 1 atom stereocenters. The van der Waals surface area contributed by atoms with Crippen LogP contribution < -0.4 is 0 Å². The van der Waals surface area contributed by atoms with Crippen LogP contribution in [0.2, 0.25) is 0 Å². The molecule has 0 spiro atoms. The normalized spacial score (nSPS) is 13.0. The molecule has 53 valence electrons. The molecular weight excluding hydrogens is 140 g/mol. The first-order valence-electron chi connectivity index (χ1n) is 3.25. The Morgan fingerprint density at radius 2 is 1.90 bits per heavy atom. The molecule has 1 rings (SSSR count). The highest BCUT2D eigenvalue weighted by molar-refractivity contribution is 7.98. The summed E-state index contributed by atoms with van der Waals surface area (Å²) in [6.07, 6.45) is 2.07. The molecule has 0 aliphatic rings. The Hall–Kier alpha value is -0.430. The van der Waals surface area contributed by atoms with E-state index in [4.69, 9.17) is 0 Å². The van der Waals surface area contributed by atoms with Crippen LogP contribution in [-0.4, -0.2) is 6.26 Å². The molecule has 1 aromatic carbocycles. The average molecular weight is 151 g/mol. The predicted octanol–water partition coefficient (Wildman–Crippen LogP) is 2.92. The molecule has 0 aromatic heterocycles. The van der Waals surface area contributed by atoms with E-state index in [9.17, 15) is 0 Å². The Morgan fingerprint density at radius 1 is 1.30 bits per heavy atom. The molecule has 0 N–H and O–H groups in total. The number of hydrogen-bond donors (Lipinski definition) is 0. The lowest BCUT2D eigenvalue weighted by Gasteiger charge is -2.06. The molecule has 0 fully saturated rings. The summed E-state index contributed by atoms with van der Waals surface area (Å²) in [6, 6.07) is 10.3. The van der Waals surface area contributed by atoms with Gasteiger partial charge in [0, 0.05) is 5.25 Å². The van der Waals surface area contributed by atoms with Crippen LogP contribution >= 0.6 is 11.8 Å². The van der Waals surface area contributed by atoms with Crippen LogP contribution in [-0.2, 0) is 0 Å². The molecular formula is C9H11S.